The predicted molar refractivity (Wildman–Crippen MR) is 140 cm³/mol. The Labute approximate surface area is 223 Å². The lowest BCUT2D eigenvalue weighted by Gasteiger charge is -2.52. The molecule has 3 heterocycles. The van der Waals surface area contributed by atoms with E-state index in [0.29, 0.717) is 39.0 Å². The van der Waals surface area contributed by atoms with Gasteiger partial charge in [-0.2, -0.15) is 5.10 Å². The van der Waals surface area contributed by atoms with Crippen molar-refractivity contribution in [1.82, 2.24) is 24.9 Å². The third-order valence-corrected chi connectivity index (χ3v) is 8.16. The molecule has 2 saturated heterocycles. The number of amides is 2. The third-order valence-electron chi connectivity index (χ3n) is 8.16. The number of aliphatic hydroxyl groups excluding tert-OH is 1. The number of aryl methyl sites for hydroxylation is 1. The normalized spacial score (nSPS) is 20.9. The van der Waals surface area contributed by atoms with Gasteiger partial charge in [0.2, 0.25) is 11.8 Å². The molecule has 38 heavy (non-hydrogen) atoms. The van der Waals surface area contributed by atoms with Crippen LogP contribution in [0, 0.1) is 31.4 Å². The highest BCUT2D eigenvalue weighted by Gasteiger charge is 2.54. The second-order valence-electron chi connectivity index (χ2n) is 11.0. The first kappa shape index (κ1) is 28.2. The first-order chi connectivity index (χ1) is 18.0. The lowest BCUT2D eigenvalue weighted by molar-refractivity contribution is -0.165. The summed E-state index contributed by atoms with van der Waals surface area (Å²) in [4.78, 5) is 31.0. The van der Waals surface area contributed by atoms with Gasteiger partial charge in [-0.1, -0.05) is 27.2 Å². The Balaban J connectivity index is 1.52. The van der Waals surface area contributed by atoms with Gasteiger partial charge in [-0.15, -0.1) is 0 Å². The summed E-state index contributed by atoms with van der Waals surface area (Å²) in [6, 6.07) is 2.52. The van der Waals surface area contributed by atoms with Crippen molar-refractivity contribution in [1.29, 1.82) is 0 Å². The number of piperazine rings is 1. The maximum atomic E-state index is 14.4. The predicted octanol–water partition coefficient (Wildman–Crippen LogP) is 3.25. The number of rotatable bonds is 8. The lowest BCUT2D eigenvalue weighted by Crippen LogP contribution is -2.74. The van der Waals surface area contributed by atoms with E-state index in [1.807, 2.05) is 34.6 Å². The Kier molecular flexibility index (Phi) is 8.23. The van der Waals surface area contributed by atoms with Crippen LogP contribution in [0.25, 0.3) is 5.69 Å². The largest absolute Gasteiger partial charge is 0.390 e. The van der Waals surface area contributed by atoms with Crippen LogP contribution in [0.15, 0.2) is 18.2 Å². The van der Waals surface area contributed by atoms with Crippen molar-refractivity contribution >= 4 is 11.8 Å². The van der Waals surface area contributed by atoms with Crippen molar-refractivity contribution in [3.05, 3.63) is 46.8 Å². The monoisotopic (exact) mass is 531 g/mol. The van der Waals surface area contributed by atoms with Crippen LogP contribution in [-0.2, 0) is 16.1 Å². The van der Waals surface area contributed by atoms with Gasteiger partial charge in [-0.25, -0.2) is 13.5 Å². The van der Waals surface area contributed by atoms with Crippen molar-refractivity contribution in [3.63, 3.8) is 0 Å². The highest BCUT2D eigenvalue weighted by atomic mass is 19.1. The van der Waals surface area contributed by atoms with Gasteiger partial charge in [0.15, 0.2) is 5.82 Å². The Bertz CT molecular complexity index is 1190. The number of likely N-dealkylation sites (tertiary alicyclic amines) is 1. The van der Waals surface area contributed by atoms with Gasteiger partial charge in [-0.3, -0.25) is 14.5 Å². The SMILES string of the molecule is CCCCN1C(=O)[C@@H]([C@H](O)C(C)C)NC(=O)C12CCN(Cc1c(C)nn(-c3ccc(F)cc3F)c1C)CC2. The number of piperidine rings is 1. The molecule has 10 heteroatoms. The molecule has 2 N–H and O–H groups in total. The fourth-order valence-electron chi connectivity index (χ4n) is 5.69. The number of nitrogens with one attached hydrogen (secondary N) is 1. The van der Waals surface area contributed by atoms with E-state index in [-0.39, 0.29) is 23.4 Å². The van der Waals surface area contributed by atoms with E-state index in [1.54, 1.807) is 4.90 Å². The number of unbranched alkanes of at least 4 members (excludes halogenated alkanes) is 1. The molecule has 1 spiro atoms. The van der Waals surface area contributed by atoms with Gasteiger partial charge in [0.25, 0.3) is 0 Å². The minimum Gasteiger partial charge on any atom is -0.390 e. The zero-order valence-electron chi connectivity index (χ0n) is 22.9. The minimum absolute atomic E-state index is 0.163. The average Bonchev–Trinajstić information content (AvgIpc) is 3.15. The first-order valence-electron chi connectivity index (χ1n) is 13.5. The van der Waals surface area contributed by atoms with E-state index in [1.165, 1.54) is 16.8 Å². The minimum atomic E-state index is -0.943. The summed E-state index contributed by atoms with van der Waals surface area (Å²) in [5, 5.41) is 18.0. The van der Waals surface area contributed by atoms with Crippen LogP contribution >= 0.6 is 0 Å². The quantitative estimate of drug-likeness (QED) is 0.546. The Morgan fingerprint density at radius 1 is 1.18 bits per heavy atom. The van der Waals surface area contributed by atoms with Gasteiger partial charge in [0.05, 0.1) is 11.8 Å². The summed E-state index contributed by atoms with van der Waals surface area (Å²) >= 11 is 0. The molecule has 0 saturated carbocycles. The highest BCUT2D eigenvalue weighted by molar-refractivity contribution is 6.00. The molecule has 8 nitrogen and oxygen atoms in total. The molecular weight excluding hydrogens is 492 g/mol. The summed E-state index contributed by atoms with van der Waals surface area (Å²) in [7, 11) is 0. The molecule has 2 fully saturated rings. The van der Waals surface area contributed by atoms with E-state index in [4.69, 9.17) is 0 Å². The van der Waals surface area contributed by atoms with Gasteiger partial charge in [-0.05, 0) is 51.2 Å². The summed E-state index contributed by atoms with van der Waals surface area (Å²) in [6.07, 6.45) is 1.70. The standard InChI is InChI=1S/C28H39F2N5O3/c1-6-7-12-34-26(37)24(25(36)17(2)3)31-27(38)28(34)10-13-33(14-11-28)16-21-18(4)32-35(19(21)5)23-9-8-20(29)15-22(23)30/h8-9,15,17,24-25,36H,6-7,10-14,16H2,1-5H3,(H,31,38)/t24-,25-/m1/s1. The fraction of sp³-hybridized carbons (Fsp3) is 0.607. The van der Waals surface area contributed by atoms with E-state index in [0.717, 1.165) is 35.9 Å². The second-order valence-corrected chi connectivity index (χ2v) is 11.0. The number of halogens is 2. The second kappa shape index (κ2) is 11.1. The number of aromatic nitrogens is 2. The number of nitrogens with zero attached hydrogens (tertiary/aromatic N) is 4. The molecule has 0 unspecified atom stereocenters. The molecule has 2 atom stereocenters. The van der Waals surface area contributed by atoms with Crippen molar-refractivity contribution in [3.8, 4) is 5.69 Å². The van der Waals surface area contributed by atoms with Gasteiger partial charge >= 0.3 is 0 Å². The highest BCUT2D eigenvalue weighted by Crippen LogP contribution is 2.35. The van der Waals surface area contributed by atoms with E-state index in [9.17, 15) is 23.5 Å². The van der Waals surface area contributed by atoms with Crippen LogP contribution in [0.5, 0.6) is 0 Å². The molecule has 0 aliphatic carbocycles. The van der Waals surface area contributed by atoms with E-state index >= 15 is 0 Å². The summed E-state index contributed by atoms with van der Waals surface area (Å²) in [6.45, 7) is 11.7. The maximum Gasteiger partial charge on any atom is 0.248 e. The number of carbonyl (C=O) groups excluding carboxylic acids is 2. The zero-order valence-corrected chi connectivity index (χ0v) is 22.9. The van der Waals surface area contributed by atoms with Crippen LogP contribution < -0.4 is 5.32 Å². The molecule has 4 rings (SSSR count). The molecule has 0 radical (unpaired) electrons. The van der Waals surface area contributed by atoms with Gasteiger partial charge < -0.3 is 15.3 Å². The Morgan fingerprint density at radius 2 is 1.87 bits per heavy atom. The fourth-order valence-corrected chi connectivity index (χ4v) is 5.69. The molecule has 2 aliphatic heterocycles. The number of carbonyl (C=O) groups is 2. The van der Waals surface area contributed by atoms with Crippen molar-refractivity contribution in [2.75, 3.05) is 19.6 Å². The van der Waals surface area contributed by atoms with Crippen LogP contribution in [-0.4, -0.2) is 73.8 Å². The number of hydrogen-bond donors (Lipinski definition) is 2. The summed E-state index contributed by atoms with van der Waals surface area (Å²) < 4.78 is 29.4. The van der Waals surface area contributed by atoms with Gasteiger partial charge in [0.1, 0.15) is 23.1 Å². The van der Waals surface area contributed by atoms with Crippen LogP contribution in [0.3, 0.4) is 0 Å². The number of benzene rings is 1. The topological polar surface area (TPSA) is 90.7 Å². The maximum absolute atomic E-state index is 14.4. The summed E-state index contributed by atoms with van der Waals surface area (Å²) in [5.41, 5.74) is 1.75. The average molecular weight is 532 g/mol. The molecule has 2 aliphatic rings. The number of aliphatic hydroxyl groups is 1. The van der Waals surface area contributed by atoms with Crippen LogP contribution in [0.1, 0.15) is 63.4 Å². The van der Waals surface area contributed by atoms with E-state index in [2.05, 4.69) is 15.3 Å². The smallest absolute Gasteiger partial charge is 0.248 e. The number of hydrogen-bond acceptors (Lipinski definition) is 5. The summed E-state index contributed by atoms with van der Waals surface area (Å²) in [5.74, 6) is -1.88. The Morgan fingerprint density at radius 3 is 2.47 bits per heavy atom. The van der Waals surface area contributed by atoms with Crippen molar-refractivity contribution in [2.45, 2.75) is 84.5 Å². The molecule has 0 bridgehead atoms. The molecule has 2 aromatic rings. The first-order valence-corrected chi connectivity index (χ1v) is 13.5. The third kappa shape index (κ3) is 5.08. The molecule has 208 valence electrons. The molecule has 1 aromatic carbocycles. The lowest BCUT2D eigenvalue weighted by atomic mass is 9.80. The zero-order chi connectivity index (χ0) is 27.8. The van der Waals surface area contributed by atoms with Crippen LogP contribution in [0.4, 0.5) is 8.78 Å². The Hall–Kier alpha value is -2.85. The van der Waals surface area contributed by atoms with Crippen molar-refractivity contribution < 1.29 is 23.5 Å². The van der Waals surface area contributed by atoms with E-state index < -0.39 is 29.3 Å². The molecule has 1 aromatic heterocycles. The molecule has 2 amide bonds. The van der Waals surface area contributed by atoms with Gasteiger partial charge in [0, 0.05) is 43.5 Å². The van der Waals surface area contributed by atoms with Crippen molar-refractivity contribution in [2.24, 2.45) is 5.92 Å². The van der Waals surface area contributed by atoms with Crippen LogP contribution in [0.2, 0.25) is 0 Å². The molecular formula is C28H39F2N5O3.